The smallest absolute Gasteiger partial charge is 0.256 e. The number of nitrogens with one attached hydrogen (secondary N) is 1. The molecule has 0 aromatic rings. The molecule has 0 aliphatic heterocycles. The second kappa shape index (κ2) is 8.31. The van der Waals surface area contributed by atoms with Gasteiger partial charge < -0.3 is 10.1 Å². The summed E-state index contributed by atoms with van der Waals surface area (Å²) in [5.41, 5.74) is 0. The zero-order chi connectivity index (χ0) is 6.41. The molecule has 0 atom stereocenters. The van der Waals surface area contributed by atoms with Crippen LogP contribution in [-0.4, -0.2) is 18.3 Å². The maximum Gasteiger partial charge on any atom is 0.256 e. The molecule has 0 saturated heterocycles. The first-order chi connectivity index (χ1) is 3.81. The molecule has 2 nitrogen and oxygen atoms in total. The van der Waals surface area contributed by atoms with Crippen LogP contribution in [0.4, 0.5) is 0 Å². The first kappa shape index (κ1) is 12.0. The Bertz CT molecular complexity index is 71.4. The van der Waals surface area contributed by atoms with Crippen LogP contribution in [-0.2, 0) is 24.2 Å². The molecule has 0 amide bonds. The third kappa shape index (κ3) is 8.31. The van der Waals surface area contributed by atoms with Crippen molar-refractivity contribution in [1.29, 1.82) is 0 Å². The predicted octanol–water partition coefficient (Wildman–Crippen LogP) is 0.915. The molecular weight excluding hydrogens is 188 g/mol. The van der Waals surface area contributed by atoms with Gasteiger partial charge in [0.25, 0.3) is 5.17 Å². The van der Waals surface area contributed by atoms with E-state index in [1.807, 2.05) is 13.8 Å². The molecule has 1 N–H and O–H groups in total. The number of hydrogen-bond acceptors (Lipinski definition) is 2. The van der Waals surface area contributed by atoms with Crippen molar-refractivity contribution < 1.29 is 24.2 Å². The molecule has 0 radical (unpaired) electrons. The van der Waals surface area contributed by atoms with Gasteiger partial charge in [0, 0.05) is 26.0 Å². The van der Waals surface area contributed by atoms with Crippen LogP contribution in [0.25, 0.3) is 0 Å². The van der Waals surface area contributed by atoms with Crippen molar-refractivity contribution in [3.63, 3.8) is 0 Å². The Morgan fingerprint density at radius 2 is 2.11 bits per heavy atom. The van der Waals surface area contributed by atoms with E-state index in [1.54, 1.807) is 0 Å². The van der Waals surface area contributed by atoms with Crippen molar-refractivity contribution in [3.8, 4) is 0 Å². The van der Waals surface area contributed by atoms with E-state index in [4.69, 9.17) is 17.0 Å². The van der Waals surface area contributed by atoms with Gasteiger partial charge in [-0.25, -0.2) is 0 Å². The Labute approximate surface area is 74.1 Å². The van der Waals surface area contributed by atoms with Crippen LogP contribution in [0.2, 0.25) is 0 Å². The van der Waals surface area contributed by atoms with Gasteiger partial charge in [0.2, 0.25) is 0 Å². The number of ether oxygens (including phenoxy) is 1. The molecule has 0 unspecified atom stereocenters. The second-order valence-electron chi connectivity index (χ2n) is 1.25. The van der Waals surface area contributed by atoms with Crippen LogP contribution in [0.1, 0.15) is 13.8 Å². The molecule has 0 heterocycles. The molecule has 0 fully saturated rings. The minimum atomic E-state index is 0. The topological polar surface area (TPSA) is 21.3 Å². The Morgan fingerprint density at radius 3 is 2.44 bits per heavy atom. The predicted molar refractivity (Wildman–Crippen MR) is 37.9 cm³/mol. The van der Waals surface area contributed by atoms with Crippen molar-refractivity contribution in [2.75, 3.05) is 13.2 Å². The van der Waals surface area contributed by atoms with Crippen molar-refractivity contribution in [2.45, 2.75) is 13.8 Å². The first-order valence-electron chi connectivity index (χ1n) is 2.71. The fourth-order valence-electron chi connectivity index (χ4n) is 0.326. The van der Waals surface area contributed by atoms with E-state index >= 15 is 0 Å². The number of thiocarbonyl (C=S) groups is 1. The van der Waals surface area contributed by atoms with E-state index in [1.165, 1.54) is 0 Å². The van der Waals surface area contributed by atoms with Gasteiger partial charge in [0.1, 0.15) is 0 Å². The SMILES string of the molecule is CCNC(=S)OCC.[Zn]. The Kier molecular flexibility index (Phi) is 11.1. The minimum absolute atomic E-state index is 0. The normalized spacial score (nSPS) is 7.33. The molecule has 0 rings (SSSR count). The summed E-state index contributed by atoms with van der Waals surface area (Å²) >= 11 is 4.72. The third-order valence-corrected chi connectivity index (χ3v) is 0.859. The van der Waals surface area contributed by atoms with E-state index in [0.717, 1.165) is 6.54 Å². The van der Waals surface area contributed by atoms with E-state index < -0.39 is 0 Å². The second-order valence-corrected chi connectivity index (χ2v) is 1.62. The van der Waals surface area contributed by atoms with Gasteiger partial charge in [-0.1, -0.05) is 0 Å². The molecule has 4 heteroatoms. The van der Waals surface area contributed by atoms with E-state index in [2.05, 4.69) is 5.32 Å². The third-order valence-electron chi connectivity index (χ3n) is 0.597. The van der Waals surface area contributed by atoms with Gasteiger partial charge in [-0.15, -0.1) is 0 Å². The van der Waals surface area contributed by atoms with Crippen molar-refractivity contribution >= 4 is 17.4 Å². The Balaban J connectivity index is 0. The van der Waals surface area contributed by atoms with Gasteiger partial charge in [-0.2, -0.15) is 0 Å². The molecule has 0 aromatic heterocycles. The van der Waals surface area contributed by atoms with Crippen LogP contribution in [0.3, 0.4) is 0 Å². The summed E-state index contributed by atoms with van der Waals surface area (Å²) in [4.78, 5) is 0. The maximum absolute atomic E-state index is 4.90. The molecule has 0 aromatic carbocycles. The quantitative estimate of drug-likeness (QED) is 0.527. The fourth-order valence-corrected chi connectivity index (χ4v) is 0.589. The molecule has 0 aliphatic carbocycles. The van der Waals surface area contributed by atoms with E-state index in [9.17, 15) is 0 Å². The molecule has 0 saturated carbocycles. The zero-order valence-corrected chi connectivity index (χ0v) is 9.72. The summed E-state index contributed by atoms with van der Waals surface area (Å²) in [7, 11) is 0. The number of hydrogen-bond donors (Lipinski definition) is 1. The van der Waals surface area contributed by atoms with Crippen LogP contribution in [0, 0.1) is 0 Å². The summed E-state index contributed by atoms with van der Waals surface area (Å²) in [6, 6.07) is 0. The monoisotopic (exact) mass is 197 g/mol. The molecular formula is C5H11NOSZn. The zero-order valence-electron chi connectivity index (χ0n) is 5.94. The van der Waals surface area contributed by atoms with E-state index in [0.29, 0.717) is 11.8 Å². The summed E-state index contributed by atoms with van der Waals surface area (Å²) in [5.74, 6) is 0. The first-order valence-corrected chi connectivity index (χ1v) is 3.12. The number of rotatable bonds is 2. The van der Waals surface area contributed by atoms with Gasteiger partial charge >= 0.3 is 0 Å². The largest absolute Gasteiger partial charge is 0.471 e. The molecule has 9 heavy (non-hydrogen) atoms. The van der Waals surface area contributed by atoms with Crippen LogP contribution >= 0.6 is 12.2 Å². The van der Waals surface area contributed by atoms with Crippen LogP contribution < -0.4 is 5.32 Å². The average molecular weight is 199 g/mol. The standard InChI is InChI=1S/C5H11NOS.Zn/c1-3-6-5(8)7-4-2;/h3-4H2,1-2H3,(H,6,8);. The van der Waals surface area contributed by atoms with Gasteiger partial charge in [0.15, 0.2) is 0 Å². The van der Waals surface area contributed by atoms with Gasteiger partial charge in [0.05, 0.1) is 6.61 Å². The Morgan fingerprint density at radius 1 is 1.56 bits per heavy atom. The Hall–Kier alpha value is 0.313. The molecule has 0 bridgehead atoms. The van der Waals surface area contributed by atoms with Crippen LogP contribution in [0.15, 0.2) is 0 Å². The summed E-state index contributed by atoms with van der Waals surface area (Å²) in [5, 5.41) is 3.35. The van der Waals surface area contributed by atoms with Gasteiger partial charge in [-0.3, -0.25) is 0 Å². The summed E-state index contributed by atoms with van der Waals surface area (Å²) < 4.78 is 4.90. The molecule has 50 valence electrons. The average Bonchev–Trinajstić information content (AvgIpc) is 1.68. The van der Waals surface area contributed by atoms with Crippen molar-refractivity contribution in [3.05, 3.63) is 0 Å². The van der Waals surface area contributed by atoms with Crippen molar-refractivity contribution in [1.82, 2.24) is 5.32 Å². The fraction of sp³-hybridized carbons (Fsp3) is 0.800. The van der Waals surface area contributed by atoms with Crippen molar-refractivity contribution in [2.24, 2.45) is 0 Å². The maximum atomic E-state index is 4.90. The minimum Gasteiger partial charge on any atom is -0.471 e. The van der Waals surface area contributed by atoms with E-state index in [-0.39, 0.29) is 19.5 Å². The molecule has 0 aliphatic rings. The van der Waals surface area contributed by atoms with Gasteiger partial charge in [-0.05, 0) is 26.1 Å². The summed E-state index contributed by atoms with van der Waals surface area (Å²) in [6.45, 7) is 5.36. The summed E-state index contributed by atoms with van der Waals surface area (Å²) in [6.07, 6.45) is 0. The molecule has 0 spiro atoms. The van der Waals surface area contributed by atoms with Crippen LogP contribution in [0.5, 0.6) is 0 Å².